The zero-order valence-electron chi connectivity index (χ0n) is 16.2. The lowest BCUT2D eigenvalue weighted by Gasteiger charge is -2.06. The summed E-state index contributed by atoms with van der Waals surface area (Å²) in [7, 11) is 0. The summed E-state index contributed by atoms with van der Waals surface area (Å²) in [4.78, 5) is 29.8. The van der Waals surface area contributed by atoms with Gasteiger partial charge in [0.25, 0.3) is 0 Å². The first-order valence-corrected chi connectivity index (χ1v) is 9.93. The summed E-state index contributed by atoms with van der Waals surface area (Å²) < 4.78 is 0. The third-order valence-electron chi connectivity index (χ3n) is 4.31. The van der Waals surface area contributed by atoms with E-state index in [0.29, 0.717) is 18.7 Å². The number of nitrogens with zero attached hydrogens (tertiary/aromatic N) is 1. The van der Waals surface area contributed by atoms with Crippen LogP contribution < -0.4 is 10.6 Å². The molecule has 144 valence electrons. The lowest BCUT2D eigenvalue weighted by atomic mass is 10.2. The van der Waals surface area contributed by atoms with Crippen molar-refractivity contribution in [1.29, 1.82) is 0 Å². The predicted molar refractivity (Wildman–Crippen MR) is 114 cm³/mol. The van der Waals surface area contributed by atoms with Crippen molar-refractivity contribution in [3.05, 3.63) is 70.2 Å². The molecule has 3 aromatic rings. The Balaban J connectivity index is 1.53. The van der Waals surface area contributed by atoms with Crippen molar-refractivity contribution in [3.8, 4) is 10.6 Å². The normalized spacial score (nSPS) is 10.5. The Bertz CT molecular complexity index is 993. The number of aryl methyl sites for hydroxylation is 3. The minimum absolute atomic E-state index is 0.385. The van der Waals surface area contributed by atoms with Crippen molar-refractivity contribution >= 4 is 28.8 Å². The average molecular weight is 394 g/mol. The van der Waals surface area contributed by atoms with Gasteiger partial charge in [0, 0.05) is 29.1 Å². The quantitative estimate of drug-likeness (QED) is 0.643. The highest BCUT2D eigenvalue weighted by molar-refractivity contribution is 7.15. The molecule has 0 saturated carbocycles. The smallest absolute Gasteiger partial charge is 0.313 e. The molecule has 0 saturated heterocycles. The van der Waals surface area contributed by atoms with Gasteiger partial charge in [0.15, 0.2) is 0 Å². The molecule has 1 heterocycles. The molecule has 2 aromatic carbocycles. The first-order valence-electron chi connectivity index (χ1n) is 9.11. The Morgan fingerprint density at radius 3 is 2.43 bits per heavy atom. The van der Waals surface area contributed by atoms with Crippen LogP contribution in [0.5, 0.6) is 0 Å². The van der Waals surface area contributed by atoms with Crippen LogP contribution in [0.2, 0.25) is 0 Å². The number of anilines is 1. The molecule has 0 aliphatic heterocycles. The summed E-state index contributed by atoms with van der Waals surface area (Å²) >= 11 is 1.62. The van der Waals surface area contributed by atoms with Gasteiger partial charge in [-0.05, 0) is 38.5 Å². The molecule has 0 aliphatic carbocycles. The molecule has 28 heavy (non-hydrogen) atoms. The highest BCUT2D eigenvalue weighted by atomic mass is 32.1. The number of benzene rings is 2. The Kier molecular flexibility index (Phi) is 6.21. The zero-order valence-corrected chi connectivity index (χ0v) is 17.0. The van der Waals surface area contributed by atoms with Gasteiger partial charge in [-0.15, -0.1) is 11.3 Å². The predicted octanol–water partition coefficient (Wildman–Crippen LogP) is 4.03. The molecule has 0 bridgehead atoms. The fourth-order valence-corrected chi connectivity index (χ4v) is 3.83. The lowest BCUT2D eigenvalue weighted by Crippen LogP contribution is -2.36. The summed E-state index contributed by atoms with van der Waals surface area (Å²) in [6, 6.07) is 15.6. The van der Waals surface area contributed by atoms with Crippen molar-refractivity contribution < 1.29 is 9.59 Å². The molecule has 0 aliphatic rings. The fourth-order valence-electron chi connectivity index (χ4n) is 2.76. The van der Waals surface area contributed by atoms with E-state index in [2.05, 4.69) is 46.8 Å². The van der Waals surface area contributed by atoms with E-state index in [9.17, 15) is 9.59 Å². The van der Waals surface area contributed by atoms with Gasteiger partial charge in [0.05, 0.1) is 5.69 Å². The zero-order chi connectivity index (χ0) is 20.1. The first kappa shape index (κ1) is 19.8. The van der Waals surface area contributed by atoms with E-state index >= 15 is 0 Å². The number of hydrogen-bond donors (Lipinski definition) is 2. The van der Waals surface area contributed by atoms with Crippen LogP contribution in [0.25, 0.3) is 10.6 Å². The van der Waals surface area contributed by atoms with E-state index in [4.69, 9.17) is 0 Å². The average Bonchev–Trinajstić information content (AvgIpc) is 3.03. The van der Waals surface area contributed by atoms with E-state index < -0.39 is 11.8 Å². The minimum Gasteiger partial charge on any atom is -0.347 e. The third kappa shape index (κ3) is 5.04. The summed E-state index contributed by atoms with van der Waals surface area (Å²) in [5.41, 5.74) is 4.89. The van der Waals surface area contributed by atoms with Crippen molar-refractivity contribution in [3.63, 3.8) is 0 Å². The molecule has 0 fully saturated rings. The molecular formula is C22H23N3O2S. The van der Waals surface area contributed by atoms with E-state index in [-0.39, 0.29) is 0 Å². The highest BCUT2D eigenvalue weighted by Crippen LogP contribution is 2.28. The number of carbonyl (C=O) groups excluding carboxylic acids is 2. The molecule has 0 unspecified atom stereocenters. The maximum atomic E-state index is 12.0. The van der Waals surface area contributed by atoms with Crippen molar-refractivity contribution in [2.24, 2.45) is 0 Å². The minimum atomic E-state index is -0.660. The van der Waals surface area contributed by atoms with Gasteiger partial charge in [0.2, 0.25) is 0 Å². The number of thiazole rings is 1. The second-order valence-electron chi connectivity index (χ2n) is 6.72. The molecule has 0 spiro atoms. The highest BCUT2D eigenvalue weighted by Gasteiger charge is 2.14. The van der Waals surface area contributed by atoms with Crippen LogP contribution in [0.3, 0.4) is 0 Å². The van der Waals surface area contributed by atoms with Gasteiger partial charge in [0.1, 0.15) is 5.01 Å². The van der Waals surface area contributed by atoms with Crippen LogP contribution >= 0.6 is 11.3 Å². The number of nitrogens with one attached hydrogen (secondary N) is 2. The lowest BCUT2D eigenvalue weighted by molar-refractivity contribution is -0.136. The van der Waals surface area contributed by atoms with Crippen molar-refractivity contribution in [1.82, 2.24) is 10.3 Å². The maximum absolute atomic E-state index is 12.0. The van der Waals surface area contributed by atoms with Crippen LogP contribution in [-0.2, 0) is 16.0 Å². The molecule has 0 radical (unpaired) electrons. The number of aromatic nitrogens is 1. The largest absolute Gasteiger partial charge is 0.347 e. The summed E-state index contributed by atoms with van der Waals surface area (Å²) in [5, 5.41) is 6.26. The monoisotopic (exact) mass is 393 g/mol. The Hall–Kier alpha value is -2.99. The van der Waals surface area contributed by atoms with Gasteiger partial charge < -0.3 is 10.6 Å². The Morgan fingerprint density at radius 1 is 0.964 bits per heavy atom. The second-order valence-corrected chi connectivity index (χ2v) is 7.81. The SMILES string of the molecule is Cc1ccc(-c2nc(C)c(CCNC(=O)C(=O)Nc3cccc(C)c3)s2)cc1. The van der Waals surface area contributed by atoms with Crippen LogP contribution in [0.4, 0.5) is 5.69 Å². The topological polar surface area (TPSA) is 71.1 Å². The second kappa shape index (κ2) is 8.80. The van der Waals surface area contributed by atoms with Gasteiger partial charge in [-0.3, -0.25) is 9.59 Å². The standard InChI is InChI=1S/C22H23N3O2S/c1-14-7-9-17(10-8-14)22-24-16(3)19(28-22)11-12-23-20(26)21(27)25-18-6-4-5-15(2)13-18/h4-10,13H,11-12H2,1-3H3,(H,23,26)(H,25,27). The molecular weight excluding hydrogens is 370 g/mol. The van der Waals surface area contributed by atoms with Crippen LogP contribution in [0, 0.1) is 20.8 Å². The molecule has 2 N–H and O–H groups in total. The maximum Gasteiger partial charge on any atom is 0.313 e. The summed E-state index contributed by atoms with van der Waals surface area (Å²) in [5.74, 6) is -1.30. The van der Waals surface area contributed by atoms with Gasteiger partial charge in [-0.25, -0.2) is 4.98 Å². The summed E-state index contributed by atoms with van der Waals surface area (Å²) in [6.07, 6.45) is 0.638. The number of rotatable bonds is 5. The first-order chi connectivity index (χ1) is 13.4. The van der Waals surface area contributed by atoms with Crippen LogP contribution in [0.15, 0.2) is 48.5 Å². The van der Waals surface area contributed by atoms with E-state index in [1.165, 1.54) is 5.56 Å². The molecule has 2 amide bonds. The van der Waals surface area contributed by atoms with Gasteiger partial charge >= 0.3 is 11.8 Å². The molecule has 1 aromatic heterocycles. The number of amides is 2. The van der Waals surface area contributed by atoms with Crippen molar-refractivity contribution in [2.45, 2.75) is 27.2 Å². The molecule has 3 rings (SSSR count). The Morgan fingerprint density at radius 2 is 1.71 bits per heavy atom. The molecule has 0 atom stereocenters. The summed E-state index contributed by atoms with van der Waals surface area (Å²) in [6.45, 7) is 6.34. The molecule has 6 heteroatoms. The van der Waals surface area contributed by atoms with Gasteiger partial charge in [-0.1, -0.05) is 42.0 Å². The number of hydrogen-bond acceptors (Lipinski definition) is 4. The fraction of sp³-hybridized carbons (Fsp3) is 0.227. The van der Waals surface area contributed by atoms with Gasteiger partial charge in [-0.2, -0.15) is 0 Å². The van der Waals surface area contributed by atoms with E-state index in [1.807, 2.05) is 32.0 Å². The van der Waals surface area contributed by atoms with Crippen LogP contribution in [0.1, 0.15) is 21.7 Å². The van der Waals surface area contributed by atoms with Crippen molar-refractivity contribution in [2.75, 3.05) is 11.9 Å². The van der Waals surface area contributed by atoms with E-state index in [1.54, 1.807) is 17.4 Å². The van der Waals surface area contributed by atoms with E-state index in [0.717, 1.165) is 26.7 Å². The Labute approximate surface area is 168 Å². The third-order valence-corrected chi connectivity index (χ3v) is 5.58. The van der Waals surface area contributed by atoms with Crippen LogP contribution in [-0.4, -0.2) is 23.3 Å². The number of carbonyl (C=O) groups is 2. The molecule has 5 nitrogen and oxygen atoms in total.